The van der Waals surface area contributed by atoms with Crippen molar-refractivity contribution in [3.05, 3.63) is 60.7 Å². The summed E-state index contributed by atoms with van der Waals surface area (Å²) < 4.78 is 51.8. The average molecular weight is 435 g/mol. The fraction of sp³-hybridized carbons (Fsp3) is 0.417. The molecule has 0 spiro atoms. The zero-order valence-electron chi connectivity index (χ0n) is 17.4. The lowest BCUT2D eigenvalue weighted by atomic mass is 10.1. The van der Waals surface area contributed by atoms with E-state index in [9.17, 15) is 13.2 Å². The first-order valence-corrected chi connectivity index (χ1v) is 10.6. The zero-order valence-corrected chi connectivity index (χ0v) is 17.4. The van der Waals surface area contributed by atoms with Crippen molar-refractivity contribution >= 4 is 0 Å². The summed E-state index contributed by atoms with van der Waals surface area (Å²) >= 11 is 0. The minimum absolute atomic E-state index is 0.285. The first kappa shape index (κ1) is 23.0. The molecule has 2 aromatic rings. The number of alkyl halides is 3. The maximum absolute atomic E-state index is 12.2. The molecule has 0 atom stereocenters. The van der Waals surface area contributed by atoms with Gasteiger partial charge in [0.25, 0.3) is 0 Å². The van der Waals surface area contributed by atoms with E-state index < -0.39 is 6.36 Å². The molecular formula is C24H28F3NO3. The zero-order chi connectivity index (χ0) is 21.9. The van der Waals surface area contributed by atoms with Crippen LogP contribution in [0.3, 0.4) is 0 Å². The summed E-state index contributed by atoms with van der Waals surface area (Å²) in [4.78, 5) is 2.49. The van der Waals surface area contributed by atoms with E-state index in [0.717, 1.165) is 25.1 Å². The summed E-state index contributed by atoms with van der Waals surface area (Å²) in [5.41, 5.74) is 0. The summed E-state index contributed by atoms with van der Waals surface area (Å²) in [6.45, 7) is 4.11. The Hall–Kier alpha value is -2.67. The first-order chi connectivity index (χ1) is 15.0. The number of nitrogens with zero attached hydrogens (tertiary/aromatic N) is 1. The molecule has 7 heteroatoms. The second-order valence-electron chi connectivity index (χ2n) is 7.42. The molecule has 31 heavy (non-hydrogen) atoms. The number of rotatable bonds is 11. The Kier molecular flexibility index (Phi) is 8.64. The van der Waals surface area contributed by atoms with Gasteiger partial charge in [-0.3, -0.25) is 4.90 Å². The summed E-state index contributed by atoms with van der Waals surface area (Å²) in [7, 11) is 0. The summed E-state index contributed by atoms with van der Waals surface area (Å²) in [5.74, 6) is 1.47. The van der Waals surface area contributed by atoms with E-state index in [0.29, 0.717) is 18.1 Å². The van der Waals surface area contributed by atoms with Crippen LogP contribution in [0, 0.1) is 0 Å². The Morgan fingerprint density at radius 2 is 1.35 bits per heavy atom. The second-order valence-corrected chi connectivity index (χ2v) is 7.42. The van der Waals surface area contributed by atoms with Crippen molar-refractivity contribution in [1.29, 1.82) is 0 Å². The second kappa shape index (κ2) is 11.6. The third-order valence-electron chi connectivity index (χ3n) is 4.90. The highest BCUT2D eigenvalue weighted by Gasteiger charge is 2.30. The Morgan fingerprint density at radius 3 is 1.97 bits per heavy atom. The van der Waals surface area contributed by atoms with Crippen molar-refractivity contribution in [2.75, 3.05) is 26.2 Å². The van der Waals surface area contributed by atoms with Crippen molar-refractivity contribution < 1.29 is 27.4 Å². The fourth-order valence-electron chi connectivity index (χ4n) is 3.32. The lowest BCUT2D eigenvalue weighted by molar-refractivity contribution is -0.274. The number of halogens is 3. The number of hydrogen-bond acceptors (Lipinski definition) is 4. The van der Waals surface area contributed by atoms with Gasteiger partial charge >= 0.3 is 6.36 Å². The molecule has 0 aliphatic carbocycles. The third-order valence-corrected chi connectivity index (χ3v) is 4.90. The molecule has 1 aliphatic rings. The molecule has 0 unspecified atom stereocenters. The van der Waals surface area contributed by atoms with E-state index in [2.05, 4.69) is 21.8 Å². The van der Waals surface area contributed by atoms with Gasteiger partial charge in [-0.1, -0.05) is 25.0 Å². The van der Waals surface area contributed by atoms with Gasteiger partial charge in [-0.2, -0.15) is 0 Å². The van der Waals surface area contributed by atoms with Crippen LogP contribution in [-0.2, 0) is 0 Å². The highest BCUT2D eigenvalue weighted by Crippen LogP contribution is 2.28. The van der Waals surface area contributed by atoms with E-state index >= 15 is 0 Å². The third kappa shape index (κ3) is 8.92. The fourth-order valence-corrected chi connectivity index (χ4v) is 3.32. The van der Waals surface area contributed by atoms with Gasteiger partial charge in [0.1, 0.15) is 23.0 Å². The van der Waals surface area contributed by atoms with Gasteiger partial charge in [0.2, 0.25) is 0 Å². The molecule has 0 saturated carbocycles. The van der Waals surface area contributed by atoms with Crippen LogP contribution < -0.4 is 14.2 Å². The summed E-state index contributed by atoms with van der Waals surface area (Å²) in [6.07, 6.45) is 5.57. The number of hydrogen-bond donors (Lipinski definition) is 0. The molecule has 4 nitrogen and oxygen atoms in total. The van der Waals surface area contributed by atoms with Crippen LogP contribution in [-0.4, -0.2) is 37.5 Å². The number of benzene rings is 2. The quantitative estimate of drug-likeness (QED) is 0.295. The van der Waals surface area contributed by atoms with E-state index in [1.54, 1.807) is 12.1 Å². The predicted octanol–water partition coefficient (Wildman–Crippen LogP) is 6.58. The maximum Gasteiger partial charge on any atom is 0.573 e. The lowest BCUT2D eigenvalue weighted by Gasteiger charge is -2.22. The Morgan fingerprint density at radius 1 is 0.742 bits per heavy atom. The van der Waals surface area contributed by atoms with Crippen molar-refractivity contribution in [2.24, 2.45) is 0 Å². The van der Waals surface area contributed by atoms with Gasteiger partial charge in [-0.05, 0) is 74.3 Å². The van der Waals surface area contributed by atoms with Gasteiger partial charge in [-0.25, -0.2) is 0 Å². The minimum atomic E-state index is -4.71. The predicted molar refractivity (Wildman–Crippen MR) is 114 cm³/mol. The van der Waals surface area contributed by atoms with E-state index in [-0.39, 0.29) is 5.75 Å². The molecule has 1 aliphatic heterocycles. The van der Waals surface area contributed by atoms with Crippen LogP contribution in [0.1, 0.15) is 32.1 Å². The number of ether oxygens (including phenoxy) is 3. The van der Waals surface area contributed by atoms with Gasteiger partial charge in [-0.15, -0.1) is 13.2 Å². The van der Waals surface area contributed by atoms with Gasteiger partial charge < -0.3 is 14.2 Å². The monoisotopic (exact) mass is 435 g/mol. The van der Waals surface area contributed by atoms with Crippen molar-refractivity contribution in [2.45, 2.75) is 38.5 Å². The van der Waals surface area contributed by atoms with Crippen LogP contribution in [0.2, 0.25) is 0 Å². The van der Waals surface area contributed by atoms with Gasteiger partial charge in [0.15, 0.2) is 0 Å². The topological polar surface area (TPSA) is 30.9 Å². The summed E-state index contributed by atoms with van der Waals surface area (Å²) in [5, 5.41) is 0. The molecule has 0 radical (unpaired) electrons. The standard InChI is InChI=1S/C24H28F3NO3/c25-24(26,27)31-23-14-12-22(13-15-23)30-21-10-8-20(9-11-21)29-19-7-2-1-4-16-28-17-5-3-6-18-28/h3,5,8-15H,1-2,4,6-7,16-19H2. The van der Waals surface area contributed by atoms with Crippen molar-refractivity contribution in [3.8, 4) is 23.0 Å². The van der Waals surface area contributed by atoms with Crippen LogP contribution in [0.25, 0.3) is 0 Å². The van der Waals surface area contributed by atoms with Crippen LogP contribution >= 0.6 is 0 Å². The first-order valence-electron chi connectivity index (χ1n) is 10.6. The van der Waals surface area contributed by atoms with Gasteiger partial charge in [0.05, 0.1) is 6.61 Å². The van der Waals surface area contributed by atoms with E-state index in [4.69, 9.17) is 9.47 Å². The lowest BCUT2D eigenvalue weighted by Crippen LogP contribution is -2.28. The summed E-state index contributed by atoms with van der Waals surface area (Å²) in [6, 6.07) is 12.4. The molecule has 168 valence electrons. The van der Waals surface area contributed by atoms with Crippen LogP contribution in [0.5, 0.6) is 23.0 Å². The Labute approximate surface area is 181 Å². The van der Waals surface area contributed by atoms with Crippen molar-refractivity contribution in [3.63, 3.8) is 0 Å². The normalized spacial score (nSPS) is 14.4. The molecule has 0 fully saturated rings. The minimum Gasteiger partial charge on any atom is -0.494 e. The smallest absolute Gasteiger partial charge is 0.494 e. The molecule has 3 rings (SSSR count). The molecule has 0 bridgehead atoms. The maximum atomic E-state index is 12.2. The highest BCUT2D eigenvalue weighted by atomic mass is 19.4. The Balaban J connectivity index is 1.30. The number of unbranched alkanes of at least 4 members (excludes halogenated alkanes) is 3. The largest absolute Gasteiger partial charge is 0.573 e. The van der Waals surface area contributed by atoms with E-state index in [1.807, 2.05) is 12.1 Å². The average Bonchev–Trinajstić information content (AvgIpc) is 2.75. The molecule has 0 N–H and O–H groups in total. The SMILES string of the molecule is FC(F)(F)Oc1ccc(Oc2ccc(OCCCCCCN3CC=CCC3)cc2)cc1. The molecule has 0 amide bonds. The molecule has 0 aromatic heterocycles. The highest BCUT2D eigenvalue weighted by molar-refractivity contribution is 5.37. The molecule has 0 saturated heterocycles. The van der Waals surface area contributed by atoms with Crippen LogP contribution in [0.4, 0.5) is 13.2 Å². The Bertz CT molecular complexity index is 804. The molecular weight excluding hydrogens is 407 g/mol. The molecule has 1 heterocycles. The van der Waals surface area contributed by atoms with Crippen LogP contribution in [0.15, 0.2) is 60.7 Å². The van der Waals surface area contributed by atoms with E-state index in [1.165, 1.54) is 56.6 Å². The van der Waals surface area contributed by atoms with Crippen molar-refractivity contribution in [1.82, 2.24) is 4.90 Å². The molecule has 2 aromatic carbocycles. The van der Waals surface area contributed by atoms with Gasteiger partial charge in [0, 0.05) is 13.1 Å².